The summed E-state index contributed by atoms with van der Waals surface area (Å²) in [5, 5.41) is 3.07. The third-order valence-electron chi connectivity index (χ3n) is 4.50. The molecular formula is C19H22N2O. The summed E-state index contributed by atoms with van der Waals surface area (Å²) >= 11 is 0. The maximum Gasteiger partial charge on any atom is 0.322 e. The summed E-state index contributed by atoms with van der Waals surface area (Å²) in [6.45, 7) is 7.66. The number of rotatable bonds is 1. The molecule has 0 fully saturated rings. The normalized spacial score (nSPS) is 13.7. The molecule has 2 aromatic carbocycles. The van der Waals surface area contributed by atoms with Gasteiger partial charge >= 0.3 is 6.03 Å². The molecule has 0 aliphatic carbocycles. The van der Waals surface area contributed by atoms with Crippen LogP contribution in [0.2, 0.25) is 0 Å². The Morgan fingerprint density at radius 3 is 2.45 bits per heavy atom. The first-order chi connectivity index (χ1) is 10.5. The number of benzene rings is 2. The molecule has 0 aromatic heterocycles. The van der Waals surface area contributed by atoms with Gasteiger partial charge in [-0.05, 0) is 61.1 Å². The largest absolute Gasteiger partial charge is 0.322 e. The second kappa shape index (κ2) is 5.84. The van der Waals surface area contributed by atoms with Crippen LogP contribution in [-0.4, -0.2) is 17.5 Å². The van der Waals surface area contributed by atoms with Crippen molar-refractivity contribution in [2.24, 2.45) is 0 Å². The molecule has 1 aliphatic heterocycles. The molecule has 114 valence electrons. The van der Waals surface area contributed by atoms with Crippen LogP contribution in [0.15, 0.2) is 36.4 Å². The Morgan fingerprint density at radius 2 is 1.68 bits per heavy atom. The number of nitrogens with one attached hydrogen (secondary N) is 1. The molecule has 0 radical (unpaired) electrons. The van der Waals surface area contributed by atoms with Crippen LogP contribution in [0.25, 0.3) is 0 Å². The highest BCUT2D eigenvalue weighted by Crippen LogP contribution is 2.22. The number of anilines is 1. The molecular weight excluding hydrogens is 272 g/mol. The van der Waals surface area contributed by atoms with Gasteiger partial charge in [0.25, 0.3) is 0 Å². The molecule has 1 aliphatic rings. The Bertz CT molecular complexity index is 721. The Kier molecular flexibility index (Phi) is 3.88. The van der Waals surface area contributed by atoms with Gasteiger partial charge in [-0.25, -0.2) is 4.79 Å². The van der Waals surface area contributed by atoms with Crippen molar-refractivity contribution in [1.82, 2.24) is 4.90 Å². The number of hydrogen-bond acceptors (Lipinski definition) is 1. The fourth-order valence-corrected chi connectivity index (χ4v) is 2.96. The number of aryl methyl sites for hydroxylation is 3. The van der Waals surface area contributed by atoms with E-state index in [4.69, 9.17) is 0 Å². The highest BCUT2D eigenvalue weighted by Gasteiger charge is 2.20. The average Bonchev–Trinajstić information content (AvgIpc) is 2.52. The van der Waals surface area contributed by atoms with E-state index in [1.807, 2.05) is 17.9 Å². The highest BCUT2D eigenvalue weighted by atomic mass is 16.2. The van der Waals surface area contributed by atoms with Gasteiger partial charge in [-0.15, -0.1) is 0 Å². The zero-order chi connectivity index (χ0) is 15.7. The van der Waals surface area contributed by atoms with Crippen LogP contribution in [0.5, 0.6) is 0 Å². The summed E-state index contributed by atoms with van der Waals surface area (Å²) in [4.78, 5) is 14.4. The summed E-state index contributed by atoms with van der Waals surface area (Å²) in [6, 6.07) is 12.5. The lowest BCUT2D eigenvalue weighted by atomic mass is 10.0. The Hall–Kier alpha value is -2.29. The second-order valence-electron chi connectivity index (χ2n) is 6.12. The summed E-state index contributed by atoms with van der Waals surface area (Å²) in [7, 11) is 0. The maximum atomic E-state index is 12.5. The Morgan fingerprint density at radius 1 is 1.00 bits per heavy atom. The minimum Gasteiger partial charge on any atom is -0.320 e. The van der Waals surface area contributed by atoms with E-state index in [-0.39, 0.29) is 6.03 Å². The number of nitrogens with zero attached hydrogens (tertiary/aromatic N) is 1. The standard InChI is InChI=1S/C19H22N2O/c1-13-10-15(3)18(11-14(13)2)20-19(22)21-9-8-16-6-4-5-7-17(16)12-21/h4-7,10-11H,8-9,12H2,1-3H3,(H,20,22). The molecule has 3 rings (SSSR count). The molecule has 1 heterocycles. The quantitative estimate of drug-likeness (QED) is 0.840. The Labute approximate surface area is 132 Å². The van der Waals surface area contributed by atoms with Gasteiger partial charge in [0.2, 0.25) is 0 Å². The minimum atomic E-state index is -0.0131. The van der Waals surface area contributed by atoms with Crippen molar-refractivity contribution < 1.29 is 4.79 Å². The first kappa shape index (κ1) is 14.6. The zero-order valence-electron chi connectivity index (χ0n) is 13.4. The van der Waals surface area contributed by atoms with Crippen molar-refractivity contribution >= 4 is 11.7 Å². The summed E-state index contributed by atoms with van der Waals surface area (Å²) < 4.78 is 0. The van der Waals surface area contributed by atoms with Crippen LogP contribution in [0, 0.1) is 20.8 Å². The predicted octanol–water partition coefficient (Wildman–Crippen LogP) is 4.20. The van der Waals surface area contributed by atoms with E-state index >= 15 is 0 Å². The summed E-state index contributed by atoms with van der Waals surface area (Å²) in [5.74, 6) is 0. The first-order valence-corrected chi connectivity index (χ1v) is 7.75. The van der Waals surface area contributed by atoms with Crippen molar-refractivity contribution in [3.05, 3.63) is 64.2 Å². The van der Waals surface area contributed by atoms with Crippen LogP contribution in [0.3, 0.4) is 0 Å². The number of urea groups is 1. The molecule has 22 heavy (non-hydrogen) atoms. The number of carbonyl (C=O) groups excluding carboxylic acids is 1. The van der Waals surface area contributed by atoms with Crippen molar-refractivity contribution in [2.45, 2.75) is 33.7 Å². The summed E-state index contributed by atoms with van der Waals surface area (Å²) in [6.07, 6.45) is 0.926. The second-order valence-corrected chi connectivity index (χ2v) is 6.12. The molecule has 2 amide bonds. The number of fused-ring (bicyclic) bond motifs is 1. The number of amides is 2. The lowest BCUT2D eigenvalue weighted by Gasteiger charge is -2.29. The molecule has 1 N–H and O–H groups in total. The third kappa shape index (κ3) is 2.84. The van der Waals surface area contributed by atoms with Crippen molar-refractivity contribution in [3.63, 3.8) is 0 Å². The van der Waals surface area contributed by atoms with Gasteiger partial charge in [0.1, 0.15) is 0 Å². The van der Waals surface area contributed by atoms with E-state index in [1.165, 1.54) is 22.3 Å². The van der Waals surface area contributed by atoms with Gasteiger partial charge in [-0.2, -0.15) is 0 Å². The third-order valence-corrected chi connectivity index (χ3v) is 4.50. The molecule has 0 spiro atoms. The van der Waals surface area contributed by atoms with E-state index in [2.05, 4.69) is 49.5 Å². The fraction of sp³-hybridized carbons (Fsp3) is 0.316. The number of carbonyl (C=O) groups is 1. The molecule has 3 heteroatoms. The van der Waals surface area contributed by atoms with Crippen LogP contribution in [-0.2, 0) is 13.0 Å². The molecule has 0 atom stereocenters. The molecule has 3 nitrogen and oxygen atoms in total. The SMILES string of the molecule is Cc1cc(C)c(NC(=O)N2CCc3ccccc3C2)cc1C. The number of hydrogen-bond donors (Lipinski definition) is 1. The van der Waals surface area contributed by atoms with Gasteiger partial charge in [0.05, 0.1) is 0 Å². The molecule has 2 aromatic rings. The molecule has 0 unspecified atom stereocenters. The predicted molar refractivity (Wildman–Crippen MR) is 90.2 cm³/mol. The summed E-state index contributed by atoms with van der Waals surface area (Å²) in [5.41, 5.74) is 7.07. The van der Waals surface area contributed by atoms with Crippen LogP contribution >= 0.6 is 0 Å². The van der Waals surface area contributed by atoms with Crippen molar-refractivity contribution in [3.8, 4) is 0 Å². The lowest BCUT2D eigenvalue weighted by molar-refractivity contribution is 0.206. The topological polar surface area (TPSA) is 32.3 Å². The highest BCUT2D eigenvalue weighted by molar-refractivity contribution is 5.90. The first-order valence-electron chi connectivity index (χ1n) is 7.75. The van der Waals surface area contributed by atoms with E-state index in [9.17, 15) is 4.79 Å². The molecule has 0 saturated carbocycles. The minimum absolute atomic E-state index is 0.0131. The van der Waals surface area contributed by atoms with E-state index < -0.39 is 0 Å². The van der Waals surface area contributed by atoms with Gasteiger partial charge in [0.15, 0.2) is 0 Å². The maximum absolute atomic E-state index is 12.5. The van der Waals surface area contributed by atoms with Crippen molar-refractivity contribution in [1.29, 1.82) is 0 Å². The van der Waals surface area contributed by atoms with E-state index in [1.54, 1.807) is 0 Å². The van der Waals surface area contributed by atoms with Crippen LogP contribution < -0.4 is 5.32 Å². The molecule has 0 saturated heterocycles. The van der Waals surface area contributed by atoms with Crippen LogP contribution in [0.1, 0.15) is 27.8 Å². The van der Waals surface area contributed by atoms with E-state index in [0.29, 0.717) is 6.54 Å². The van der Waals surface area contributed by atoms with Crippen molar-refractivity contribution in [2.75, 3.05) is 11.9 Å². The van der Waals surface area contributed by atoms with Gasteiger partial charge in [-0.3, -0.25) is 0 Å². The average molecular weight is 294 g/mol. The van der Waals surface area contributed by atoms with Crippen LogP contribution in [0.4, 0.5) is 10.5 Å². The van der Waals surface area contributed by atoms with E-state index in [0.717, 1.165) is 24.2 Å². The van der Waals surface area contributed by atoms with Gasteiger partial charge < -0.3 is 10.2 Å². The Balaban J connectivity index is 1.75. The lowest BCUT2D eigenvalue weighted by Crippen LogP contribution is -2.39. The smallest absolute Gasteiger partial charge is 0.320 e. The fourth-order valence-electron chi connectivity index (χ4n) is 2.96. The molecule has 0 bridgehead atoms. The monoisotopic (exact) mass is 294 g/mol. The zero-order valence-corrected chi connectivity index (χ0v) is 13.4. The van der Waals surface area contributed by atoms with Gasteiger partial charge in [0, 0.05) is 18.8 Å². The van der Waals surface area contributed by atoms with Gasteiger partial charge in [-0.1, -0.05) is 30.3 Å².